The van der Waals surface area contributed by atoms with E-state index in [1.807, 2.05) is 22.9 Å². The summed E-state index contributed by atoms with van der Waals surface area (Å²) in [6, 6.07) is 3.79. The Morgan fingerprint density at radius 3 is 2.47 bits per heavy atom. The van der Waals surface area contributed by atoms with Gasteiger partial charge in [0.25, 0.3) is 11.8 Å². The van der Waals surface area contributed by atoms with E-state index in [0.717, 1.165) is 30.6 Å². The molecule has 1 atom stereocenters. The van der Waals surface area contributed by atoms with E-state index in [9.17, 15) is 14.4 Å². The summed E-state index contributed by atoms with van der Waals surface area (Å²) >= 11 is 2.86. The molecule has 0 aromatic carbocycles. The van der Waals surface area contributed by atoms with Crippen molar-refractivity contribution >= 4 is 45.6 Å². The lowest BCUT2D eigenvalue weighted by Gasteiger charge is -2.34. The van der Waals surface area contributed by atoms with Gasteiger partial charge in [-0.3, -0.25) is 19.3 Å². The molecule has 2 fully saturated rings. The molecule has 0 N–H and O–H groups in total. The number of likely N-dealkylation sites (tertiary alicyclic amines) is 1. The standard InChI is InChI=1S/C23H29N3O4S2/c1-16(20(27)26(23-24-11-15-32-23)18-6-3-2-4-7-18)30-22(29)17-9-12-25(13-10-17)21(28)19-8-5-14-31-19/h5,8,11,14-18H,2-4,6-7,9-10,12-13H2,1H3/t16-/m0/s1. The molecule has 9 heteroatoms. The molecule has 0 spiro atoms. The number of thiophene rings is 1. The van der Waals surface area contributed by atoms with Crippen molar-refractivity contribution < 1.29 is 19.1 Å². The van der Waals surface area contributed by atoms with Gasteiger partial charge >= 0.3 is 5.97 Å². The van der Waals surface area contributed by atoms with Crippen LogP contribution in [0.5, 0.6) is 0 Å². The van der Waals surface area contributed by atoms with E-state index in [0.29, 0.717) is 31.1 Å². The lowest BCUT2D eigenvalue weighted by Crippen LogP contribution is -2.48. The molecule has 0 bridgehead atoms. The fourth-order valence-electron chi connectivity index (χ4n) is 4.50. The Morgan fingerprint density at radius 1 is 1.09 bits per heavy atom. The molecule has 1 saturated carbocycles. The Labute approximate surface area is 196 Å². The summed E-state index contributed by atoms with van der Waals surface area (Å²) in [7, 11) is 0. The van der Waals surface area contributed by atoms with Crippen molar-refractivity contribution in [2.75, 3.05) is 18.0 Å². The van der Waals surface area contributed by atoms with Gasteiger partial charge in [-0.25, -0.2) is 4.98 Å². The maximum Gasteiger partial charge on any atom is 0.309 e. The molecule has 2 aromatic heterocycles. The van der Waals surface area contributed by atoms with Crippen LogP contribution < -0.4 is 4.90 Å². The number of piperidine rings is 1. The van der Waals surface area contributed by atoms with Crippen LogP contribution in [0, 0.1) is 5.92 Å². The van der Waals surface area contributed by atoms with Gasteiger partial charge in [-0.15, -0.1) is 22.7 Å². The van der Waals surface area contributed by atoms with Gasteiger partial charge in [0.05, 0.1) is 10.8 Å². The Balaban J connectivity index is 1.33. The van der Waals surface area contributed by atoms with Crippen molar-refractivity contribution in [3.8, 4) is 0 Å². The van der Waals surface area contributed by atoms with Crippen LogP contribution in [0.1, 0.15) is 61.5 Å². The summed E-state index contributed by atoms with van der Waals surface area (Å²) in [4.78, 5) is 47.2. The third-order valence-corrected chi connectivity index (χ3v) is 7.92. The van der Waals surface area contributed by atoms with E-state index in [-0.39, 0.29) is 29.7 Å². The van der Waals surface area contributed by atoms with Gasteiger partial charge in [-0.1, -0.05) is 25.3 Å². The van der Waals surface area contributed by atoms with E-state index in [4.69, 9.17) is 4.74 Å². The quantitative estimate of drug-likeness (QED) is 0.580. The Kier molecular flexibility index (Phi) is 7.57. The molecule has 1 aliphatic carbocycles. The first kappa shape index (κ1) is 22.9. The van der Waals surface area contributed by atoms with Crippen LogP contribution in [-0.2, 0) is 14.3 Å². The summed E-state index contributed by atoms with van der Waals surface area (Å²) in [6.07, 6.45) is 7.21. The highest BCUT2D eigenvalue weighted by Gasteiger charge is 2.35. The normalized spacial score (nSPS) is 18.8. The third-order valence-electron chi connectivity index (χ3n) is 6.29. The number of carbonyl (C=O) groups excluding carboxylic acids is 3. The van der Waals surface area contributed by atoms with Crippen molar-refractivity contribution in [3.05, 3.63) is 34.0 Å². The number of amides is 2. The topological polar surface area (TPSA) is 79.8 Å². The molecule has 2 aromatic rings. The van der Waals surface area contributed by atoms with E-state index in [1.54, 1.807) is 22.9 Å². The van der Waals surface area contributed by atoms with Gasteiger partial charge in [0.2, 0.25) is 0 Å². The zero-order valence-corrected chi connectivity index (χ0v) is 19.9. The number of nitrogens with zero attached hydrogens (tertiary/aromatic N) is 3. The minimum absolute atomic E-state index is 0.0157. The van der Waals surface area contributed by atoms with Gasteiger partial charge in [0.15, 0.2) is 11.2 Å². The fourth-order valence-corrected chi connectivity index (χ4v) is 5.90. The number of anilines is 1. The zero-order chi connectivity index (χ0) is 22.5. The van der Waals surface area contributed by atoms with E-state index in [1.165, 1.54) is 29.1 Å². The predicted molar refractivity (Wildman–Crippen MR) is 125 cm³/mol. The Hall–Kier alpha value is -2.26. The molecule has 4 rings (SSSR count). The number of thiazole rings is 1. The van der Waals surface area contributed by atoms with Crippen LogP contribution in [0.3, 0.4) is 0 Å². The van der Waals surface area contributed by atoms with Gasteiger partial charge < -0.3 is 9.64 Å². The summed E-state index contributed by atoms with van der Waals surface area (Å²) in [5, 5.41) is 4.42. The van der Waals surface area contributed by atoms with Crippen molar-refractivity contribution in [1.82, 2.24) is 9.88 Å². The fraction of sp³-hybridized carbons (Fsp3) is 0.565. The van der Waals surface area contributed by atoms with Gasteiger partial charge in [-0.05, 0) is 44.1 Å². The van der Waals surface area contributed by atoms with Crippen LogP contribution in [0.4, 0.5) is 5.13 Å². The number of ether oxygens (including phenoxy) is 1. The number of esters is 1. The second-order valence-corrected chi connectivity index (χ2v) is 10.3. The van der Waals surface area contributed by atoms with Crippen molar-refractivity contribution in [2.45, 2.75) is 64.0 Å². The monoisotopic (exact) mass is 475 g/mol. The molecular weight excluding hydrogens is 446 g/mol. The van der Waals surface area contributed by atoms with E-state index >= 15 is 0 Å². The Morgan fingerprint density at radius 2 is 1.84 bits per heavy atom. The predicted octanol–water partition coefficient (Wildman–Crippen LogP) is 4.35. The summed E-state index contributed by atoms with van der Waals surface area (Å²) in [6.45, 7) is 2.69. The maximum atomic E-state index is 13.3. The minimum Gasteiger partial charge on any atom is -0.452 e. The number of rotatable bonds is 6. The molecule has 172 valence electrons. The highest BCUT2D eigenvalue weighted by Crippen LogP contribution is 2.30. The molecule has 2 aliphatic rings. The van der Waals surface area contributed by atoms with Crippen LogP contribution in [0.25, 0.3) is 0 Å². The van der Waals surface area contributed by atoms with Crippen molar-refractivity contribution in [3.63, 3.8) is 0 Å². The molecule has 0 unspecified atom stereocenters. The minimum atomic E-state index is -0.862. The molecule has 7 nitrogen and oxygen atoms in total. The van der Waals surface area contributed by atoms with Crippen molar-refractivity contribution in [2.24, 2.45) is 5.92 Å². The van der Waals surface area contributed by atoms with Crippen LogP contribution in [-0.4, -0.2) is 52.9 Å². The Bertz CT molecular complexity index is 902. The summed E-state index contributed by atoms with van der Waals surface area (Å²) in [5.74, 6) is -0.829. The number of hydrogen-bond donors (Lipinski definition) is 0. The van der Waals surface area contributed by atoms with Crippen molar-refractivity contribution in [1.29, 1.82) is 0 Å². The second-order valence-electron chi connectivity index (χ2n) is 8.44. The SMILES string of the molecule is C[C@H](OC(=O)C1CCN(C(=O)c2cccs2)CC1)C(=O)N(c1nccs1)C1CCCCC1. The van der Waals surface area contributed by atoms with Crippen LogP contribution in [0.2, 0.25) is 0 Å². The lowest BCUT2D eigenvalue weighted by atomic mass is 9.94. The summed E-state index contributed by atoms with van der Waals surface area (Å²) in [5.41, 5.74) is 0. The lowest BCUT2D eigenvalue weighted by molar-refractivity contribution is -0.159. The maximum absolute atomic E-state index is 13.3. The third kappa shape index (κ3) is 5.20. The van der Waals surface area contributed by atoms with Crippen LogP contribution >= 0.6 is 22.7 Å². The first-order chi connectivity index (χ1) is 15.5. The smallest absolute Gasteiger partial charge is 0.309 e. The average molecular weight is 476 g/mol. The van der Waals surface area contributed by atoms with Gasteiger partial charge in [0, 0.05) is 30.7 Å². The van der Waals surface area contributed by atoms with E-state index in [2.05, 4.69) is 4.98 Å². The number of hydrogen-bond acceptors (Lipinski definition) is 7. The molecule has 2 amide bonds. The largest absolute Gasteiger partial charge is 0.452 e. The molecule has 3 heterocycles. The van der Waals surface area contributed by atoms with Crippen LogP contribution in [0.15, 0.2) is 29.1 Å². The first-order valence-electron chi connectivity index (χ1n) is 11.3. The summed E-state index contributed by atoms with van der Waals surface area (Å²) < 4.78 is 5.63. The molecule has 1 aliphatic heterocycles. The highest BCUT2D eigenvalue weighted by molar-refractivity contribution is 7.13. The first-order valence-corrected chi connectivity index (χ1v) is 13.1. The number of aromatic nitrogens is 1. The zero-order valence-electron chi connectivity index (χ0n) is 18.3. The van der Waals surface area contributed by atoms with Gasteiger partial charge in [0.1, 0.15) is 0 Å². The highest BCUT2D eigenvalue weighted by atomic mass is 32.1. The molecule has 0 radical (unpaired) electrons. The van der Waals surface area contributed by atoms with Gasteiger partial charge in [-0.2, -0.15) is 0 Å². The average Bonchev–Trinajstić information content (AvgIpc) is 3.54. The number of carbonyl (C=O) groups is 3. The van der Waals surface area contributed by atoms with E-state index < -0.39 is 6.10 Å². The molecule has 32 heavy (non-hydrogen) atoms. The molecule has 1 saturated heterocycles. The molecular formula is C23H29N3O4S2. The second kappa shape index (κ2) is 10.6.